The summed E-state index contributed by atoms with van der Waals surface area (Å²) in [4.78, 5) is 25.7. The van der Waals surface area contributed by atoms with Gasteiger partial charge in [-0.2, -0.15) is 0 Å². The molecule has 0 unspecified atom stereocenters. The molecule has 102 valence electrons. The first-order chi connectivity index (χ1) is 9.04. The molecule has 1 aromatic rings. The highest BCUT2D eigenvalue weighted by Crippen LogP contribution is 2.25. The zero-order valence-electron chi connectivity index (χ0n) is 11.1. The minimum atomic E-state index is -0.114. The van der Waals surface area contributed by atoms with Gasteiger partial charge in [-0.25, -0.2) is 0 Å². The average Bonchev–Trinajstić information content (AvgIpc) is 2.87. The number of likely N-dealkylation sites (tertiary alicyclic amines) is 1. The quantitative estimate of drug-likeness (QED) is 0.899. The van der Waals surface area contributed by atoms with Crippen molar-refractivity contribution >= 4 is 23.4 Å². The molecule has 2 rings (SSSR count). The summed E-state index contributed by atoms with van der Waals surface area (Å²) in [5, 5.41) is 3.09. The van der Waals surface area contributed by atoms with Crippen LogP contribution in [0.15, 0.2) is 18.2 Å². The molecule has 5 heteroatoms. The number of aryl methyl sites for hydroxylation is 1. The van der Waals surface area contributed by atoms with Gasteiger partial charge in [0.05, 0.1) is 16.5 Å². The van der Waals surface area contributed by atoms with E-state index in [0.29, 0.717) is 30.1 Å². The van der Waals surface area contributed by atoms with Gasteiger partial charge in [-0.15, -0.1) is 0 Å². The van der Waals surface area contributed by atoms with E-state index in [1.807, 2.05) is 19.1 Å². The van der Waals surface area contributed by atoms with E-state index in [0.717, 1.165) is 5.56 Å². The lowest BCUT2D eigenvalue weighted by molar-refractivity contribution is -0.124. The van der Waals surface area contributed by atoms with Crippen LogP contribution in [0.1, 0.15) is 22.3 Å². The van der Waals surface area contributed by atoms with E-state index in [2.05, 4.69) is 5.32 Å². The highest BCUT2D eigenvalue weighted by Gasteiger charge is 2.32. The van der Waals surface area contributed by atoms with Gasteiger partial charge in [0.25, 0.3) is 5.91 Å². The van der Waals surface area contributed by atoms with Gasteiger partial charge in [-0.1, -0.05) is 23.7 Å². The number of nitrogens with zero attached hydrogens (tertiary/aromatic N) is 1. The Bertz CT molecular complexity index is 496. The lowest BCUT2D eigenvalue weighted by atomic mass is 10.1. The van der Waals surface area contributed by atoms with Gasteiger partial charge in [0, 0.05) is 20.1 Å². The minimum Gasteiger partial charge on any atom is -0.359 e. The molecule has 0 radical (unpaired) electrons. The number of rotatable bonds is 2. The van der Waals surface area contributed by atoms with Crippen molar-refractivity contribution in [3.05, 3.63) is 34.3 Å². The zero-order chi connectivity index (χ0) is 14.0. The van der Waals surface area contributed by atoms with E-state index in [1.54, 1.807) is 18.0 Å². The second-order valence-electron chi connectivity index (χ2n) is 4.78. The summed E-state index contributed by atoms with van der Waals surface area (Å²) in [6.45, 7) is 2.93. The summed E-state index contributed by atoms with van der Waals surface area (Å²) >= 11 is 6.10. The summed E-state index contributed by atoms with van der Waals surface area (Å²) in [5.74, 6) is -0.211. The molecule has 1 aliphatic rings. The number of hydrogen-bond donors (Lipinski definition) is 1. The fraction of sp³-hybridized carbons (Fsp3) is 0.429. The molecule has 0 bridgehead atoms. The topological polar surface area (TPSA) is 49.4 Å². The van der Waals surface area contributed by atoms with E-state index in [-0.39, 0.29) is 17.7 Å². The molecule has 0 spiro atoms. The first-order valence-electron chi connectivity index (χ1n) is 6.30. The average molecular weight is 281 g/mol. The van der Waals surface area contributed by atoms with Crippen molar-refractivity contribution < 1.29 is 9.59 Å². The number of halogens is 1. The lowest BCUT2D eigenvalue weighted by Gasteiger charge is -2.18. The van der Waals surface area contributed by atoms with Crippen molar-refractivity contribution in [3.63, 3.8) is 0 Å². The van der Waals surface area contributed by atoms with Gasteiger partial charge in [-0.05, 0) is 25.0 Å². The second kappa shape index (κ2) is 5.61. The van der Waals surface area contributed by atoms with Crippen molar-refractivity contribution in [2.24, 2.45) is 5.92 Å². The lowest BCUT2D eigenvalue weighted by Crippen LogP contribution is -2.33. The number of carbonyl (C=O) groups is 2. The summed E-state index contributed by atoms with van der Waals surface area (Å²) in [5.41, 5.74) is 1.41. The Labute approximate surface area is 117 Å². The molecule has 0 saturated carbocycles. The SMILES string of the molecule is CNC(=O)[C@H]1CCN(C(=O)c2c(C)cccc2Cl)C1. The number of amides is 2. The fourth-order valence-corrected chi connectivity index (χ4v) is 2.73. The summed E-state index contributed by atoms with van der Waals surface area (Å²) in [6, 6.07) is 5.41. The molecule has 19 heavy (non-hydrogen) atoms. The van der Waals surface area contributed by atoms with Gasteiger partial charge < -0.3 is 10.2 Å². The molecule has 0 aromatic heterocycles. The number of carbonyl (C=O) groups excluding carboxylic acids is 2. The zero-order valence-corrected chi connectivity index (χ0v) is 11.8. The Hall–Kier alpha value is -1.55. The Morgan fingerprint density at radius 3 is 2.79 bits per heavy atom. The maximum atomic E-state index is 12.5. The van der Waals surface area contributed by atoms with Crippen LogP contribution in [0.2, 0.25) is 5.02 Å². The monoisotopic (exact) mass is 280 g/mol. The van der Waals surface area contributed by atoms with E-state index < -0.39 is 0 Å². The Balaban J connectivity index is 2.16. The van der Waals surface area contributed by atoms with Crippen LogP contribution in [0.5, 0.6) is 0 Å². The first kappa shape index (κ1) is 13.9. The standard InChI is InChI=1S/C14H17ClN2O2/c1-9-4-3-5-11(15)12(9)14(19)17-7-6-10(8-17)13(18)16-2/h3-5,10H,6-8H2,1-2H3,(H,16,18)/t10-/m0/s1. The highest BCUT2D eigenvalue weighted by atomic mass is 35.5. The van der Waals surface area contributed by atoms with Crippen molar-refractivity contribution in [2.45, 2.75) is 13.3 Å². The van der Waals surface area contributed by atoms with Gasteiger partial charge in [-0.3, -0.25) is 9.59 Å². The van der Waals surface area contributed by atoms with Gasteiger partial charge in [0.15, 0.2) is 0 Å². The normalized spacial score (nSPS) is 18.5. The maximum absolute atomic E-state index is 12.5. The molecular formula is C14H17ClN2O2. The minimum absolute atomic E-state index is 0.00817. The van der Waals surface area contributed by atoms with Crippen molar-refractivity contribution in [1.82, 2.24) is 10.2 Å². The van der Waals surface area contributed by atoms with Crippen molar-refractivity contribution in [3.8, 4) is 0 Å². The molecule has 1 aliphatic heterocycles. The van der Waals surface area contributed by atoms with Gasteiger partial charge >= 0.3 is 0 Å². The maximum Gasteiger partial charge on any atom is 0.255 e. The van der Waals surface area contributed by atoms with Gasteiger partial charge in [0.2, 0.25) is 5.91 Å². The van der Waals surface area contributed by atoms with Crippen LogP contribution in [0, 0.1) is 12.8 Å². The van der Waals surface area contributed by atoms with Gasteiger partial charge in [0.1, 0.15) is 0 Å². The third kappa shape index (κ3) is 2.73. The molecule has 1 N–H and O–H groups in total. The van der Waals surface area contributed by atoms with Crippen molar-refractivity contribution in [2.75, 3.05) is 20.1 Å². The third-order valence-corrected chi connectivity index (χ3v) is 3.84. The third-order valence-electron chi connectivity index (χ3n) is 3.53. The molecule has 2 amide bonds. The van der Waals surface area contributed by atoms with E-state index in [1.165, 1.54) is 0 Å². The second-order valence-corrected chi connectivity index (χ2v) is 5.19. The van der Waals surface area contributed by atoms with Crippen LogP contribution in [-0.2, 0) is 4.79 Å². The van der Waals surface area contributed by atoms with Crippen LogP contribution >= 0.6 is 11.6 Å². The summed E-state index contributed by atoms with van der Waals surface area (Å²) in [7, 11) is 1.62. The van der Waals surface area contributed by atoms with Crippen LogP contribution in [0.25, 0.3) is 0 Å². The molecule has 4 nitrogen and oxygen atoms in total. The van der Waals surface area contributed by atoms with Crippen LogP contribution in [-0.4, -0.2) is 36.9 Å². The largest absolute Gasteiger partial charge is 0.359 e. The molecule has 1 heterocycles. The Kier molecular flexibility index (Phi) is 4.10. The van der Waals surface area contributed by atoms with Crippen LogP contribution < -0.4 is 5.32 Å². The van der Waals surface area contributed by atoms with Crippen molar-refractivity contribution in [1.29, 1.82) is 0 Å². The number of nitrogens with one attached hydrogen (secondary N) is 1. The first-order valence-corrected chi connectivity index (χ1v) is 6.68. The molecule has 0 aliphatic carbocycles. The summed E-state index contributed by atoms with van der Waals surface area (Å²) in [6.07, 6.45) is 0.703. The predicted molar refractivity (Wildman–Crippen MR) is 74.3 cm³/mol. The smallest absolute Gasteiger partial charge is 0.255 e. The Morgan fingerprint density at radius 2 is 2.16 bits per heavy atom. The molecule has 1 atom stereocenters. The molecular weight excluding hydrogens is 264 g/mol. The summed E-state index contributed by atoms with van der Waals surface area (Å²) < 4.78 is 0. The van der Waals surface area contributed by atoms with E-state index in [9.17, 15) is 9.59 Å². The van der Waals surface area contributed by atoms with E-state index in [4.69, 9.17) is 11.6 Å². The van der Waals surface area contributed by atoms with Crippen LogP contribution in [0.4, 0.5) is 0 Å². The predicted octanol–water partition coefficient (Wildman–Crippen LogP) is 1.86. The Morgan fingerprint density at radius 1 is 1.42 bits per heavy atom. The van der Waals surface area contributed by atoms with Crippen LogP contribution in [0.3, 0.4) is 0 Å². The fourth-order valence-electron chi connectivity index (χ4n) is 2.42. The number of hydrogen-bond acceptors (Lipinski definition) is 2. The molecule has 1 saturated heterocycles. The number of benzene rings is 1. The molecule has 1 fully saturated rings. The molecule has 1 aromatic carbocycles. The highest BCUT2D eigenvalue weighted by molar-refractivity contribution is 6.34. The van der Waals surface area contributed by atoms with E-state index >= 15 is 0 Å².